The average molecular weight is 255 g/mol. The van der Waals surface area contributed by atoms with Gasteiger partial charge in [-0.25, -0.2) is 13.4 Å². The zero-order chi connectivity index (χ0) is 12.5. The SMILES string of the molecule is Cc1ccc(N)c(N2CCCS(=O)(=O)CC2)n1. The molecule has 2 heterocycles. The van der Waals surface area contributed by atoms with E-state index in [0.29, 0.717) is 31.0 Å². The van der Waals surface area contributed by atoms with Crippen molar-refractivity contribution >= 4 is 21.3 Å². The van der Waals surface area contributed by atoms with Gasteiger partial charge in [-0.1, -0.05) is 0 Å². The molecule has 0 atom stereocenters. The summed E-state index contributed by atoms with van der Waals surface area (Å²) >= 11 is 0. The van der Waals surface area contributed by atoms with E-state index >= 15 is 0 Å². The largest absolute Gasteiger partial charge is 0.396 e. The highest BCUT2D eigenvalue weighted by Gasteiger charge is 2.21. The lowest BCUT2D eigenvalue weighted by atomic mass is 10.3. The molecule has 6 heteroatoms. The van der Waals surface area contributed by atoms with Gasteiger partial charge in [0.05, 0.1) is 17.2 Å². The highest BCUT2D eigenvalue weighted by atomic mass is 32.2. The smallest absolute Gasteiger partial charge is 0.152 e. The number of nitrogens with zero attached hydrogens (tertiary/aromatic N) is 2. The van der Waals surface area contributed by atoms with Gasteiger partial charge in [0.1, 0.15) is 0 Å². The van der Waals surface area contributed by atoms with Crippen molar-refractivity contribution in [3.63, 3.8) is 0 Å². The predicted octanol–water partition coefficient (Wildman–Crippen LogP) is 0.597. The third kappa shape index (κ3) is 2.88. The summed E-state index contributed by atoms with van der Waals surface area (Å²) in [5.41, 5.74) is 7.38. The van der Waals surface area contributed by atoms with Crippen molar-refractivity contribution in [2.75, 3.05) is 35.2 Å². The maximum absolute atomic E-state index is 11.5. The summed E-state index contributed by atoms with van der Waals surface area (Å²) in [6.45, 7) is 3.07. The number of anilines is 2. The van der Waals surface area contributed by atoms with Gasteiger partial charge in [0.25, 0.3) is 0 Å². The van der Waals surface area contributed by atoms with Crippen LogP contribution in [0, 0.1) is 6.92 Å². The van der Waals surface area contributed by atoms with E-state index in [0.717, 1.165) is 5.69 Å². The minimum Gasteiger partial charge on any atom is -0.396 e. The van der Waals surface area contributed by atoms with Gasteiger partial charge in [-0.15, -0.1) is 0 Å². The molecule has 1 aromatic rings. The van der Waals surface area contributed by atoms with E-state index in [1.807, 2.05) is 24.0 Å². The van der Waals surface area contributed by atoms with Crippen molar-refractivity contribution in [3.05, 3.63) is 17.8 Å². The summed E-state index contributed by atoms with van der Waals surface area (Å²) in [6, 6.07) is 3.67. The van der Waals surface area contributed by atoms with E-state index in [9.17, 15) is 8.42 Å². The summed E-state index contributed by atoms with van der Waals surface area (Å²) in [7, 11) is -2.89. The second-order valence-corrected chi connectivity index (χ2v) is 6.66. The van der Waals surface area contributed by atoms with Crippen LogP contribution in [0.15, 0.2) is 12.1 Å². The van der Waals surface area contributed by atoms with Crippen molar-refractivity contribution < 1.29 is 8.42 Å². The Morgan fingerprint density at radius 1 is 1.29 bits per heavy atom. The first-order valence-corrected chi connectivity index (χ1v) is 7.48. The van der Waals surface area contributed by atoms with Crippen LogP contribution in [-0.2, 0) is 9.84 Å². The molecular formula is C11H17N3O2S. The summed E-state index contributed by atoms with van der Waals surface area (Å²) in [5, 5.41) is 0. The molecule has 2 N–H and O–H groups in total. The Balaban J connectivity index is 2.25. The fourth-order valence-corrected chi connectivity index (χ4v) is 3.23. The first kappa shape index (κ1) is 12.2. The molecule has 1 aliphatic heterocycles. The summed E-state index contributed by atoms with van der Waals surface area (Å²) < 4.78 is 23.0. The molecule has 17 heavy (non-hydrogen) atoms. The van der Waals surface area contributed by atoms with Crippen molar-refractivity contribution in [2.24, 2.45) is 0 Å². The molecule has 0 unspecified atom stereocenters. The Morgan fingerprint density at radius 2 is 2.06 bits per heavy atom. The summed E-state index contributed by atoms with van der Waals surface area (Å²) in [4.78, 5) is 6.36. The van der Waals surface area contributed by atoms with Gasteiger partial charge in [0.2, 0.25) is 0 Å². The number of pyridine rings is 1. The van der Waals surface area contributed by atoms with E-state index in [1.54, 1.807) is 0 Å². The first-order chi connectivity index (χ1) is 7.98. The van der Waals surface area contributed by atoms with E-state index < -0.39 is 9.84 Å². The molecule has 1 fully saturated rings. The molecule has 5 nitrogen and oxygen atoms in total. The molecule has 1 aromatic heterocycles. The van der Waals surface area contributed by atoms with Crippen LogP contribution >= 0.6 is 0 Å². The zero-order valence-corrected chi connectivity index (χ0v) is 10.7. The van der Waals surface area contributed by atoms with Gasteiger partial charge >= 0.3 is 0 Å². The second kappa shape index (κ2) is 4.52. The van der Waals surface area contributed by atoms with E-state index in [2.05, 4.69) is 4.98 Å². The number of hydrogen-bond donors (Lipinski definition) is 1. The number of sulfone groups is 1. The number of aromatic nitrogens is 1. The van der Waals surface area contributed by atoms with Gasteiger partial charge in [-0.2, -0.15) is 0 Å². The highest BCUT2D eigenvalue weighted by molar-refractivity contribution is 7.91. The Kier molecular flexibility index (Phi) is 3.24. The minimum absolute atomic E-state index is 0.183. The Morgan fingerprint density at radius 3 is 2.82 bits per heavy atom. The maximum atomic E-state index is 11.5. The van der Waals surface area contributed by atoms with Crippen LogP contribution in [0.1, 0.15) is 12.1 Å². The number of nitrogen functional groups attached to an aromatic ring is 1. The molecule has 0 spiro atoms. The van der Waals surface area contributed by atoms with Crippen LogP contribution in [0.4, 0.5) is 11.5 Å². The van der Waals surface area contributed by atoms with Crippen LogP contribution in [-0.4, -0.2) is 38.0 Å². The standard InChI is InChI=1S/C11H17N3O2S/c1-9-3-4-10(12)11(13-9)14-5-2-7-17(15,16)8-6-14/h3-4H,2,5-8,12H2,1H3. The van der Waals surface area contributed by atoms with E-state index in [1.165, 1.54) is 0 Å². The third-order valence-corrected chi connectivity index (χ3v) is 4.61. The van der Waals surface area contributed by atoms with Crippen LogP contribution in [0.3, 0.4) is 0 Å². The van der Waals surface area contributed by atoms with Gasteiger partial charge in [-0.3, -0.25) is 0 Å². The Bertz CT molecular complexity index is 513. The number of aryl methyl sites for hydroxylation is 1. The molecule has 0 aliphatic carbocycles. The van der Waals surface area contributed by atoms with Gasteiger partial charge in [-0.05, 0) is 25.5 Å². The lowest BCUT2D eigenvalue weighted by Crippen LogP contribution is -2.28. The summed E-state index contributed by atoms with van der Waals surface area (Å²) in [6.07, 6.45) is 0.636. The molecule has 0 bridgehead atoms. The van der Waals surface area contributed by atoms with Gasteiger partial charge in [0, 0.05) is 18.8 Å². The molecule has 1 saturated heterocycles. The monoisotopic (exact) mass is 255 g/mol. The predicted molar refractivity (Wildman–Crippen MR) is 68.9 cm³/mol. The van der Waals surface area contributed by atoms with Gasteiger partial charge in [0.15, 0.2) is 15.7 Å². The molecule has 94 valence electrons. The Hall–Kier alpha value is -1.30. The second-order valence-electron chi connectivity index (χ2n) is 4.36. The van der Waals surface area contributed by atoms with E-state index in [4.69, 9.17) is 5.73 Å². The van der Waals surface area contributed by atoms with Crippen LogP contribution < -0.4 is 10.6 Å². The van der Waals surface area contributed by atoms with E-state index in [-0.39, 0.29) is 11.5 Å². The van der Waals surface area contributed by atoms with Crippen molar-refractivity contribution in [3.8, 4) is 0 Å². The van der Waals surface area contributed by atoms with Crippen molar-refractivity contribution in [1.29, 1.82) is 0 Å². The van der Waals surface area contributed by atoms with Crippen molar-refractivity contribution in [2.45, 2.75) is 13.3 Å². The quantitative estimate of drug-likeness (QED) is 0.795. The molecule has 0 radical (unpaired) electrons. The lowest BCUT2D eigenvalue weighted by Gasteiger charge is -2.22. The molecule has 0 aromatic carbocycles. The number of nitrogens with two attached hydrogens (primary N) is 1. The van der Waals surface area contributed by atoms with Gasteiger partial charge < -0.3 is 10.6 Å². The zero-order valence-electron chi connectivity index (χ0n) is 9.89. The topological polar surface area (TPSA) is 76.3 Å². The molecule has 0 saturated carbocycles. The van der Waals surface area contributed by atoms with Crippen LogP contribution in [0.5, 0.6) is 0 Å². The Labute approximate surface area is 102 Å². The van der Waals surface area contributed by atoms with Crippen LogP contribution in [0.25, 0.3) is 0 Å². The van der Waals surface area contributed by atoms with Crippen molar-refractivity contribution in [1.82, 2.24) is 4.98 Å². The first-order valence-electron chi connectivity index (χ1n) is 5.66. The number of rotatable bonds is 1. The highest BCUT2D eigenvalue weighted by Crippen LogP contribution is 2.22. The fourth-order valence-electron chi connectivity index (χ4n) is 1.96. The molecule has 1 aliphatic rings. The lowest BCUT2D eigenvalue weighted by molar-refractivity contribution is 0.597. The molecule has 2 rings (SSSR count). The summed E-state index contributed by atoms with van der Waals surface area (Å²) in [5.74, 6) is 1.15. The average Bonchev–Trinajstić information content (AvgIpc) is 2.43. The normalized spacial score (nSPS) is 19.9. The molecular weight excluding hydrogens is 238 g/mol. The fraction of sp³-hybridized carbons (Fsp3) is 0.545. The third-order valence-electron chi connectivity index (χ3n) is 2.90. The maximum Gasteiger partial charge on any atom is 0.152 e. The van der Waals surface area contributed by atoms with Crippen LogP contribution in [0.2, 0.25) is 0 Å². The minimum atomic E-state index is -2.89. The number of hydrogen-bond acceptors (Lipinski definition) is 5. The molecule has 0 amide bonds.